The number of halogens is 1. The van der Waals surface area contributed by atoms with Crippen molar-refractivity contribution >= 4 is 39.8 Å². The lowest BCUT2D eigenvalue weighted by molar-refractivity contribution is -0.385. The largest absolute Gasteiger partial charge is 0.322 e. The van der Waals surface area contributed by atoms with Crippen LogP contribution in [-0.4, -0.2) is 15.8 Å². The van der Waals surface area contributed by atoms with Gasteiger partial charge in [-0.1, -0.05) is 17.7 Å². The molecule has 7 nitrogen and oxygen atoms in total. The van der Waals surface area contributed by atoms with Crippen LogP contribution in [0.4, 0.5) is 11.4 Å². The number of fused-ring (bicyclic) bond motifs is 1. The predicted molar refractivity (Wildman–Crippen MR) is 100 cm³/mol. The minimum Gasteiger partial charge on any atom is -0.322 e. The van der Waals surface area contributed by atoms with Crippen LogP contribution in [0.25, 0.3) is 10.9 Å². The second-order valence-corrected chi connectivity index (χ2v) is 6.27. The maximum atomic E-state index is 12.5. The van der Waals surface area contributed by atoms with E-state index in [1.165, 1.54) is 18.2 Å². The number of nitro benzene ring substituents is 1. The molecule has 3 aromatic rings. The summed E-state index contributed by atoms with van der Waals surface area (Å²) in [5, 5.41) is 14.8. The summed E-state index contributed by atoms with van der Waals surface area (Å²) in [6, 6.07) is 8.82. The number of aromatic amines is 1. The molecule has 2 N–H and O–H groups in total. The molecule has 0 fully saturated rings. The molecule has 8 heteroatoms. The number of carbonyl (C=O) groups is 1. The fraction of sp³-hybridized carbons (Fsp3) is 0.111. The van der Waals surface area contributed by atoms with E-state index in [9.17, 15) is 19.7 Å². The van der Waals surface area contributed by atoms with Crippen LogP contribution in [0, 0.1) is 24.0 Å². The minimum atomic E-state index is -0.662. The van der Waals surface area contributed by atoms with E-state index in [4.69, 9.17) is 11.6 Å². The number of hydrogen-bond acceptors (Lipinski definition) is 4. The van der Waals surface area contributed by atoms with E-state index in [1.54, 1.807) is 25.1 Å². The van der Waals surface area contributed by atoms with Gasteiger partial charge in [0.2, 0.25) is 0 Å². The maximum Gasteiger partial charge on any atom is 0.282 e. The number of carbonyl (C=O) groups excluding carboxylic acids is 1. The predicted octanol–water partition coefficient (Wildman–Crippen LogP) is 3.96. The highest BCUT2D eigenvalue weighted by Crippen LogP contribution is 2.25. The van der Waals surface area contributed by atoms with Crippen molar-refractivity contribution in [1.29, 1.82) is 0 Å². The first-order valence-electron chi connectivity index (χ1n) is 7.66. The quantitative estimate of drug-likeness (QED) is 0.537. The van der Waals surface area contributed by atoms with E-state index >= 15 is 0 Å². The molecule has 0 unspecified atom stereocenters. The van der Waals surface area contributed by atoms with Crippen LogP contribution in [0.2, 0.25) is 5.02 Å². The van der Waals surface area contributed by atoms with Crippen molar-refractivity contribution in [3.05, 3.63) is 78.6 Å². The summed E-state index contributed by atoms with van der Waals surface area (Å²) in [5.41, 5.74) is 1.76. The molecule has 1 heterocycles. The van der Waals surface area contributed by atoms with Gasteiger partial charge in [0, 0.05) is 27.7 Å². The van der Waals surface area contributed by atoms with Crippen molar-refractivity contribution in [2.45, 2.75) is 13.8 Å². The molecular weight excluding hydrogens is 358 g/mol. The first kappa shape index (κ1) is 17.6. The van der Waals surface area contributed by atoms with E-state index in [0.29, 0.717) is 16.8 Å². The van der Waals surface area contributed by atoms with Crippen LogP contribution in [0.3, 0.4) is 0 Å². The number of nitrogens with one attached hydrogen (secondary N) is 2. The zero-order valence-electron chi connectivity index (χ0n) is 13.9. The molecule has 2 aromatic carbocycles. The normalized spacial score (nSPS) is 10.7. The van der Waals surface area contributed by atoms with Crippen LogP contribution in [-0.2, 0) is 0 Å². The number of nitrogens with zero attached hydrogens (tertiary/aromatic N) is 1. The second-order valence-electron chi connectivity index (χ2n) is 5.84. The van der Waals surface area contributed by atoms with Crippen molar-refractivity contribution in [1.82, 2.24) is 4.98 Å². The Morgan fingerprint density at radius 3 is 2.58 bits per heavy atom. The summed E-state index contributed by atoms with van der Waals surface area (Å²) < 4.78 is 0. The van der Waals surface area contributed by atoms with E-state index in [1.807, 2.05) is 6.92 Å². The van der Waals surface area contributed by atoms with Gasteiger partial charge in [-0.2, -0.15) is 0 Å². The van der Waals surface area contributed by atoms with Crippen LogP contribution >= 0.6 is 11.6 Å². The number of nitro groups is 1. The lowest BCUT2D eigenvalue weighted by Gasteiger charge is -2.09. The van der Waals surface area contributed by atoms with E-state index in [0.717, 1.165) is 10.9 Å². The zero-order valence-corrected chi connectivity index (χ0v) is 14.7. The summed E-state index contributed by atoms with van der Waals surface area (Å²) in [6.45, 7) is 3.59. The molecule has 0 bridgehead atoms. The number of amides is 1. The number of H-pyrrole nitrogens is 1. The van der Waals surface area contributed by atoms with E-state index in [2.05, 4.69) is 10.3 Å². The topological polar surface area (TPSA) is 105 Å². The molecular formula is C18H14ClN3O4. The molecule has 0 aliphatic heterocycles. The lowest BCUT2D eigenvalue weighted by Crippen LogP contribution is -2.15. The summed E-state index contributed by atoms with van der Waals surface area (Å²) in [6.07, 6.45) is 0. The van der Waals surface area contributed by atoms with Gasteiger partial charge < -0.3 is 10.3 Å². The third-order valence-corrected chi connectivity index (χ3v) is 4.47. The van der Waals surface area contributed by atoms with Gasteiger partial charge in [-0.15, -0.1) is 0 Å². The molecule has 0 saturated carbocycles. The Balaban J connectivity index is 2.01. The molecule has 26 heavy (non-hydrogen) atoms. The minimum absolute atomic E-state index is 0.142. The maximum absolute atomic E-state index is 12.5. The molecule has 0 radical (unpaired) electrons. The Morgan fingerprint density at radius 1 is 1.15 bits per heavy atom. The summed E-state index contributed by atoms with van der Waals surface area (Å²) >= 11 is 5.85. The number of hydrogen-bond donors (Lipinski definition) is 2. The molecule has 1 aromatic heterocycles. The molecule has 3 rings (SSSR count). The van der Waals surface area contributed by atoms with Crippen molar-refractivity contribution in [2.24, 2.45) is 0 Å². The average molecular weight is 372 g/mol. The summed E-state index contributed by atoms with van der Waals surface area (Å²) in [4.78, 5) is 37.6. The number of benzene rings is 2. The third-order valence-electron chi connectivity index (χ3n) is 4.23. The zero-order chi connectivity index (χ0) is 19.0. The highest BCUT2D eigenvalue weighted by atomic mass is 35.5. The van der Waals surface area contributed by atoms with E-state index < -0.39 is 10.8 Å². The molecule has 0 atom stereocenters. The van der Waals surface area contributed by atoms with Crippen molar-refractivity contribution in [2.75, 3.05) is 5.32 Å². The smallest absolute Gasteiger partial charge is 0.282 e. The van der Waals surface area contributed by atoms with Gasteiger partial charge in [-0.25, -0.2) is 0 Å². The highest BCUT2D eigenvalue weighted by Gasteiger charge is 2.20. The Hall–Kier alpha value is -3.19. The van der Waals surface area contributed by atoms with Crippen molar-refractivity contribution < 1.29 is 9.72 Å². The van der Waals surface area contributed by atoms with Gasteiger partial charge in [-0.05, 0) is 43.7 Å². The van der Waals surface area contributed by atoms with Crippen LogP contribution in [0.1, 0.15) is 21.5 Å². The number of pyridine rings is 1. The lowest BCUT2D eigenvalue weighted by atomic mass is 10.1. The highest BCUT2D eigenvalue weighted by molar-refractivity contribution is 6.31. The van der Waals surface area contributed by atoms with Gasteiger partial charge in [0.05, 0.1) is 10.4 Å². The standard InChI is InChI=1S/C18H14ClN3O4/c1-9-10(2)17(23)21-15-8-12(4-5-13(9)15)20-18(24)14-7-11(19)3-6-16(14)22(25)26/h3-8H,1-2H3,(H,20,24)(H,21,23). The molecule has 0 aliphatic carbocycles. The van der Waals surface area contributed by atoms with Gasteiger partial charge in [0.1, 0.15) is 5.56 Å². The number of aromatic nitrogens is 1. The molecule has 0 spiro atoms. The van der Waals surface area contributed by atoms with Gasteiger partial charge in [-0.3, -0.25) is 19.7 Å². The number of aryl methyl sites for hydroxylation is 1. The van der Waals surface area contributed by atoms with E-state index in [-0.39, 0.29) is 21.8 Å². The first-order chi connectivity index (χ1) is 12.3. The third kappa shape index (κ3) is 3.16. The molecule has 1 amide bonds. The Bertz CT molecular complexity index is 1120. The van der Waals surface area contributed by atoms with Crippen molar-refractivity contribution in [3.63, 3.8) is 0 Å². The van der Waals surface area contributed by atoms with Gasteiger partial charge in [0.15, 0.2) is 0 Å². The Kier molecular flexibility index (Phi) is 4.48. The second kappa shape index (κ2) is 6.61. The van der Waals surface area contributed by atoms with Crippen LogP contribution in [0.5, 0.6) is 0 Å². The molecule has 0 aliphatic rings. The van der Waals surface area contributed by atoms with Gasteiger partial charge >= 0.3 is 0 Å². The van der Waals surface area contributed by atoms with Crippen LogP contribution in [0.15, 0.2) is 41.2 Å². The fourth-order valence-electron chi connectivity index (χ4n) is 2.69. The number of rotatable bonds is 3. The average Bonchev–Trinajstić information content (AvgIpc) is 2.59. The molecule has 0 saturated heterocycles. The van der Waals surface area contributed by atoms with Crippen molar-refractivity contribution in [3.8, 4) is 0 Å². The summed E-state index contributed by atoms with van der Waals surface area (Å²) in [5.74, 6) is -0.662. The number of anilines is 1. The Morgan fingerprint density at radius 2 is 1.88 bits per heavy atom. The SMILES string of the molecule is Cc1c(C)c2ccc(NC(=O)c3cc(Cl)ccc3[N+](=O)[O-])cc2[nH]c1=O. The summed E-state index contributed by atoms with van der Waals surface area (Å²) in [7, 11) is 0. The fourth-order valence-corrected chi connectivity index (χ4v) is 2.86. The first-order valence-corrected chi connectivity index (χ1v) is 8.04. The Labute approximate surface area is 152 Å². The molecule has 132 valence electrons. The van der Waals surface area contributed by atoms with Gasteiger partial charge in [0.25, 0.3) is 17.2 Å². The monoisotopic (exact) mass is 371 g/mol. The van der Waals surface area contributed by atoms with Crippen LogP contribution < -0.4 is 10.9 Å².